The number of phenolic OH excluding ortho intramolecular Hbond substituents is 1. The molecule has 0 heterocycles. The fourth-order valence-electron chi connectivity index (χ4n) is 2.76. The molecule has 0 radical (unpaired) electrons. The Morgan fingerprint density at radius 1 is 1.55 bits per heavy atom. The number of nitrogens with one attached hydrogen (secondary N) is 1. The molecule has 2 rings (SSSR count). The summed E-state index contributed by atoms with van der Waals surface area (Å²) in [6.45, 7) is 1.41. The van der Waals surface area contributed by atoms with E-state index in [1.807, 2.05) is 24.1 Å². The topological polar surface area (TPSA) is 61.8 Å². The van der Waals surface area contributed by atoms with Crippen molar-refractivity contribution in [1.82, 2.24) is 10.2 Å². The van der Waals surface area contributed by atoms with Gasteiger partial charge in [-0.05, 0) is 37.1 Å². The summed E-state index contributed by atoms with van der Waals surface area (Å²) in [4.78, 5) is 13.8. The fraction of sp³-hybridized carbons (Fsp3) is 0.533. The minimum absolute atomic E-state index is 0.00171. The van der Waals surface area contributed by atoms with Crippen LogP contribution in [0.25, 0.3) is 0 Å². The van der Waals surface area contributed by atoms with E-state index in [-0.39, 0.29) is 11.9 Å². The lowest BCUT2D eigenvalue weighted by Crippen LogP contribution is -2.37. The molecule has 1 aliphatic carbocycles. The zero-order chi connectivity index (χ0) is 14.5. The number of rotatable bonds is 6. The Hall–Kier alpha value is -1.59. The third kappa shape index (κ3) is 3.29. The number of ether oxygens (including phenoxy) is 1. The molecule has 0 bridgehead atoms. The molecule has 1 aliphatic rings. The van der Waals surface area contributed by atoms with Gasteiger partial charge in [-0.25, -0.2) is 0 Å². The van der Waals surface area contributed by atoms with E-state index < -0.39 is 0 Å². The van der Waals surface area contributed by atoms with Crippen molar-refractivity contribution in [2.75, 3.05) is 33.9 Å². The molecule has 0 saturated heterocycles. The SMILES string of the molecule is COCCNC(=O)CN(C)C1CCc2c(O)cccc21. The van der Waals surface area contributed by atoms with Gasteiger partial charge in [-0.15, -0.1) is 0 Å². The van der Waals surface area contributed by atoms with Crippen LogP contribution in [0.2, 0.25) is 0 Å². The number of phenols is 1. The minimum atomic E-state index is -0.00171. The van der Waals surface area contributed by atoms with Gasteiger partial charge < -0.3 is 15.2 Å². The van der Waals surface area contributed by atoms with E-state index in [4.69, 9.17) is 4.74 Å². The molecule has 1 unspecified atom stereocenters. The van der Waals surface area contributed by atoms with Crippen molar-refractivity contribution in [1.29, 1.82) is 0 Å². The van der Waals surface area contributed by atoms with Crippen molar-refractivity contribution in [2.45, 2.75) is 18.9 Å². The molecule has 0 aromatic heterocycles. The molecular weight excluding hydrogens is 256 g/mol. The third-order valence-electron chi connectivity index (χ3n) is 3.77. The number of likely N-dealkylation sites (N-methyl/N-ethyl adjacent to an activating group) is 1. The molecule has 2 N–H and O–H groups in total. The molecule has 1 amide bonds. The van der Waals surface area contributed by atoms with Gasteiger partial charge in [0.05, 0.1) is 13.2 Å². The van der Waals surface area contributed by atoms with Crippen LogP contribution in [0.3, 0.4) is 0 Å². The molecule has 0 spiro atoms. The van der Waals surface area contributed by atoms with Gasteiger partial charge in [0, 0.05) is 19.7 Å². The molecule has 1 aromatic rings. The first-order valence-electron chi connectivity index (χ1n) is 6.90. The van der Waals surface area contributed by atoms with Crippen molar-refractivity contribution in [3.05, 3.63) is 29.3 Å². The van der Waals surface area contributed by atoms with Gasteiger partial charge in [-0.1, -0.05) is 12.1 Å². The lowest BCUT2D eigenvalue weighted by atomic mass is 10.1. The van der Waals surface area contributed by atoms with Crippen LogP contribution in [-0.4, -0.2) is 49.8 Å². The van der Waals surface area contributed by atoms with Crippen LogP contribution in [0.5, 0.6) is 5.75 Å². The lowest BCUT2D eigenvalue weighted by Gasteiger charge is -2.24. The van der Waals surface area contributed by atoms with Gasteiger partial charge >= 0.3 is 0 Å². The van der Waals surface area contributed by atoms with Crippen molar-refractivity contribution in [2.24, 2.45) is 0 Å². The number of hydrogen-bond acceptors (Lipinski definition) is 4. The first-order chi connectivity index (χ1) is 9.63. The van der Waals surface area contributed by atoms with E-state index in [0.29, 0.717) is 25.4 Å². The van der Waals surface area contributed by atoms with Gasteiger partial charge in [0.2, 0.25) is 5.91 Å². The van der Waals surface area contributed by atoms with Crippen molar-refractivity contribution in [3.8, 4) is 5.75 Å². The number of methoxy groups -OCH3 is 1. The van der Waals surface area contributed by atoms with E-state index in [1.165, 1.54) is 0 Å². The Labute approximate surface area is 119 Å². The Balaban J connectivity index is 1.93. The third-order valence-corrected chi connectivity index (χ3v) is 3.77. The van der Waals surface area contributed by atoms with Crippen LogP contribution in [-0.2, 0) is 16.0 Å². The van der Waals surface area contributed by atoms with Crippen LogP contribution in [0, 0.1) is 0 Å². The Morgan fingerprint density at radius 2 is 2.35 bits per heavy atom. The maximum absolute atomic E-state index is 11.8. The van der Waals surface area contributed by atoms with Crippen molar-refractivity contribution >= 4 is 5.91 Å². The zero-order valence-electron chi connectivity index (χ0n) is 12.1. The zero-order valence-corrected chi connectivity index (χ0v) is 12.1. The van der Waals surface area contributed by atoms with E-state index >= 15 is 0 Å². The molecule has 1 atom stereocenters. The molecule has 0 fully saturated rings. The van der Waals surface area contributed by atoms with Crippen molar-refractivity contribution in [3.63, 3.8) is 0 Å². The molecule has 0 saturated carbocycles. The van der Waals surface area contributed by atoms with Crippen LogP contribution in [0.15, 0.2) is 18.2 Å². The Bertz CT molecular complexity index is 476. The smallest absolute Gasteiger partial charge is 0.234 e. The molecule has 5 nitrogen and oxygen atoms in total. The van der Waals surface area contributed by atoms with Gasteiger partial charge in [-0.2, -0.15) is 0 Å². The van der Waals surface area contributed by atoms with Crippen LogP contribution >= 0.6 is 0 Å². The summed E-state index contributed by atoms with van der Waals surface area (Å²) >= 11 is 0. The Morgan fingerprint density at radius 3 is 3.10 bits per heavy atom. The fourth-order valence-corrected chi connectivity index (χ4v) is 2.76. The molecule has 0 aliphatic heterocycles. The van der Waals surface area contributed by atoms with Gasteiger partial charge in [0.15, 0.2) is 0 Å². The number of amides is 1. The molecule has 20 heavy (non-hydrogen) atoms. The number of carbonyl (C=O) groups excluding carboxylic acids is 1. The number of fused-ring (bicyclic) bond motifs is 1. The molecule has 1 aromatic carbocycles. The van der Waals surface area contributed by atoms with E-state index in [2.05, 4.69) is 5.32 Å². The van der Waals surface area contributed by atoms with Crippen LogP contribution in [0.4, 0.5) is 0 Å². The summed E-state index contributed by atoms with van der Waals surface area (Å²) in [7, 11) is 3.56. The first kappa shape index (κ1) is 14.8. The number of carbonyl (C=O) groups is 1. The normalized spacial score (nSPS) is 17.2. The van der Waals surface area contributed by atoms with Gasteiger partial charge in [0.1, 0.15) is 5.75 Å². The minimum Gasteiger partial charge on any atom is -0.508 e. The summed E-state index contributed by atoms with van der Waals surface area (Å²) in [5, 5.41) is 12.7. The van der Waals surface area contributed by atoms with Crippen LogP contribution < -0.4 is 5.32 Å². The largest absolute Gasteiger partial charge is 0.508 e. The van der Waals surface area contributed by atoms with E-state index in [9.17, 15) is 9.90 Å². The summed E-state index contributed by atoms with van der Waals surface area (Å²) in [6.07, 6.45) is 1.80. The summed E-state index contributed by atoms with van der Waals surface area (Å²) in [6, 6.07) is 5.81. The average molecular weight is 278 g/mol. The predicted octanol–water partition coefficient (Wildman–Crippen LogP) is 1.07. The number of aromatic hydroxyl groups is 1. The van der Waals surface area contributed by atoms with Gasteiger partial charge in [-0.3, -0.25) is 9.69 Å². The van der Waals surface area contributed by atoms with Crippen LogP contribution in [0.1, 0.15) is 23.6 Å². The second-order valence-corrected chi connectivity index (χ2v) is 5.16. The number of nitrogens with zero attached hydrogens (tertiary/aromatic N) is 1. The number of benzene rings is 1. The van der Waals surface area contributed by atoms with Crippen molar-refractivity contribution < 1.29 is 14.6 Å². The second-order valence-electron chi connectivity index (χ2n) is 5.16. The standard InChI is InChI=1S/C15H22N2O3/c1-17(10-15(19)16-8-9-20-2)13-7-6-12-11(13)4-3-5-14(12)18/h3-5,13,18H,6-10H2,1-2H3,(H,16,19). The highest BCUT2D eigenvalue weighted by Gasteiger charge is 2.28. The van der Waals surface area contributed by atoms with E-state index in [1.54, 1.807) is 13.2 Å². The second kappa shape index (κ2) is 6.72. The maximum Gasteiger partial charge on any atom is 0.234 e. The predicted molar refractivity (Wildman–Crippen MR) is 76.7 cm³/mol. The quantitative estimate of drug-likeness (QED) is 0.764. The lowest BCUT2D eigenvalue weighted by molar-refractivity contribution is -0.122. The monoisotopic (exact) mass is 278 g/mol. The summed E-state index contributed by atoms with van der Waals surface area (Å²) in [5.74, 6) is 0.362. The molecular formula is C15H22N2O3. The number of hydrogen-bond donors (Lipinski definition) is 2. The average Bonchev–Trinajstić information content (AvgIpc) is 2.84. The highest BCUT2D eigenvalue weighted by molar-refractivity contribution is 5.78. The summed E-state index contributed by atoms with van der Waals surface area (Å²) < 4.78 is 4.90. The first-order valence-corrected chi connectivity index (χ1v) is 6.90. The maximum atomic E-state index is 11.8. The van der Waals surface area contributed by atoms with E-state index in [0.717, 1.165) is 24.0 Å². The highest BCUT2D eigenvalue weighted by atomic mass is 16.5. The molecule has 5 heteroatoms. The van der Waals surface area contributed by atoms with Gasteiger partial charge in [0.25, 0.3) is 0 Å². The highest BCUT2D eigenvalue weighted by Crippen LogP contribution is 2.38. The summed E-state index contributed by atoms with van der Waals surface area (Å²) in [5.41, 5.74) is 2.15. The Kier molecular flexibility index (Phi) is 4.98. The molecule has 110 valence electrons.